The fourth-order valence-electron chi connectivity index (χ4n) is 1.83. The molecule has 0 bridgehead atoms. The number of hydrogen-bond donors (Lipinski definition) is 2. The Balaban J connectivity index is 2.20. The molecule has 14 heavy (non-hydrogen) atoms. The minimum atomic E-state index is -0.530. The van der Waals surface area contributed by atoms with Gasteiger partial charge in [-0.15, -0.1) is 0 Å². The van der Waals surface area contributed by atoms with E-state index in [-0.39, 0.29) is 0 Å². The summed E-state index contributed by atoms with van der Waals surface area (Å²) in [7, 11) is 0. The smallest absolute Gasteiger partial charge is 0.0741 e. The Hall–Kier alpha value is 0.270. The molecule has 84 valence electrons. The lowest BCUT2D eigenvalue weighted by atomic mass is 10.0. The number of nitrogens with one attached hydrogen (secondary N) is 1. The van der Waals surface area contributed by atoms with Gasteiger partial charge in [-0.3, -0.25) is 0 Å². The average Bonchev–Trinajstić information content (AvgIpc) is 2.63. The first-order valence-corrected chi connectivity index (χ1v) is 6.84. The van der Waals surface area contributed by atoms with Gasteiger partial charge in [0.2, 0.25) is 0 Å². The maximum absolute atomic E-state index is 9.84. The largest absolute Gasteiger partial charge is 0.389 e. The van der Waals surface area contributed by atoms with Crippen LogP contribution in [-0.4, -0.2) is 34.8 Å². The van der Waals surface area contributed by atoms with Gasteiger partial charge in [-0.05, 0) is 38.9 Å². The Morgan fingerprint density at radius 1 is 1.50 bits per heavy atom. The lowest BCUT2D eigenvalue weighted by molar-refractivity contribution is 0.0530. The van der Waals surface area contributed by atoms with Crippen LogP contribution in [0.3, 0.4) is 0 Å². The van der Waals surface area contributed by atoms with E-state index >= 15 is 0 Å². The van der Waals surface area contributed by atoms with Gasteiger partial charge in [-0.25, -0.2) is 0 Å². The molecule has 0 heterocycles. The molecule has 0 aromatic heterocycles. The SMILES string of the molecule is CCC(C)(O)CNC1CCC(SC)C1. The number of hydrogen-bond acceptors (Lipinski definition) is 3. The quantitative estimate of drug-likeness (QED) is 0.739. The highest BCUT2D eigenvalue weighted by molar-refractivity contribution is 7.99. The van der Waals surface area contributed by atoms with Gasteiger partial charge in [0.05, 0.1) is 5.60 Å². The first-order valence-electron chi connectivity index (χ1n) is 5.56. The summed E-state index contributed by atoms with van der Waals surface area (Å²) in [5.41, 5.74) is -0.530. The van der Waals surface area contributed by atoms with Crippen LogP contribution < -0.4 is 5.32 Å². The van der Waals surface area contributed by atoms with Crippen molar-refractivity contribution in [2.45, 2.75) is 56.4 Å². The van der Waals surface area contributed by atoms with Crippen LogP contribution >= 0.6 is 11.8 Å². The zero-order chi connectivity index (χ0) is 10.6. The maximum Gasteiger partial charge on any atom is 0.0741 e. The van der Waals surface area contributed by atoms with Crippen LogP contribution in [0.2, 0.25) is 0 Å². The summed E-state index contributed by atoms with van der Waals surface area (Å²) in [5.74, 6) is 0. The van der Waals surface area contributed by atoms with Gasteiger partial charge in [-0.1, -0.05) is 6.92 Å². The van der Waals surface area contributed by atoms with Gasteiger partial charge < -0.3 is 10.4 Å². The molecular weight excluding hydrogens is 194 g/mol. The van der Waals surface area contributed by atoms with Crippen molar-refractivity contribution >= 4 is 11.8 Å². The molecule has 0 saturated heterocycles. The maximum atomic E-state index is 9.84. The number of thioether (sulfide) groups is 1. The molecule has 2 nitrogen and oxygen atoms in total. The van der Waals surface area contributed by atoms with Crippen LogP contribution in [0, 0.1) is 0 Å². The minimum absolute atomic E-state index is 0.530. The van der Waals surface area contributed by atoms with Crippen LogP contribution in [0.25, 0.3) is 0 Å². The first-order chi connectivity index (χ1) is 6.57. The van der Waals surface area contributed by atoms with Crippen molar-refractivity contribution in [1.29, 1.82) is 0 Å². The van der Waals surface area contributed by atoms with E-state index in [4.69, 9.17) is 0 Å². The van der Waals surface area contributed by atoms with Gasteiger partial charge in [0, 0.05) is 17.8 Å². The standard InChI is InChI=1S/C11H23NOS/c1-4-11(2,13)8-12-9-5-6-10(7-9)14-3/h9-10,12-13H,4-8H2,1-3H3. The average molecular weight is 217 g/mol. The lowest BCUT2D eigenvalue weighted by Crippen LogP contribution is -2.41. The molecule has 3 atom stereocenters. The molecule has 0 aromatic rings. The molecule has 2 N–H and O–H groups in total. The monoisotopic (exact) mass is 217 g/mol. The zero-order valence-corrected chi connectivity index (χ0v) is 10.4. The van der Waals surface area contributed by atoms with Crippen molar-refractivity contribution in [2.75, 3.05) is 12.8 Å². The van der Waals surface area contributed by atoms with Crippen molar-refractivity contribution in [3.63, 3.8) is 0 Å². The molecule has 1 fully saturated rings. The summed E-state index contributed by atoms with van der Waals surface area (Å²) >= 11 is 1.97. The van der Waals surface area contributed by atoms with Crippen molar-refractivity contribution in [3.05, 3.63) is 0 Å². The van der Waals surface area contributed by atoms with Gasteiger partial charge in [0.25, 0.3) is 0 Å². The van der Waals surface area contributed by atoms with E-state index in [1.54, 1.807) is 0 Å². The van der Waals surface area contributed by atoms with Gasteiger partial charge in [0.15, 0.2) is 0 Å². The predicted octanol–water partition coefficient (Wildman–Crippen LogP) is 2.02. The van der Waals surface area contributed by atoms with E-state index in [0.717, 1.165) is 18.2 Å². The van der Waals surface area contributed by atoms with Crippen molar-refractivity contribution in [1.82, 2.24) is 5.32 Å². The van der Waals surface area contributed by atoms with Gasteiger partial charge in [0.1, 0.15) is 0 Å². The molecule has 1 aliphatic rings. The van der Waals surface area contributed by atoms with E-state index < -0.39 is 5.60 Å². The Kier molecular flexibility index (Phi) is 4.74. The van der Waals surface area contributed by atoms with Crippen LogP contribution in [0.15, 0.2) is 0 Å². The number of rotatable bonds is 5. The molecule has 1 rings (SSSR count). The summed E-state index contributed by atoms with van der Waals surface area (Å²) in [6.07, 6.45) is 6.87. The van der Waals surface area contributed by atoms with Crippen LogP contribution in [0.4, 0.5) is 0 Å². The topological polar surface area (TPSA) is 32.3 Å². The highest BCUT2D eigenvalue weighted by atomic mass is 32.2. The molecule has 1 saturated carbocycles. The summed E-state index contributed by atoms with van der Waals surface area (Å²) in [5, 5.41) is 14.1. The first kappa shape index (κ1) is 12.3. The van der Waals surface area contributed by atoms with Gasteiger partial charge >= 0.3 is 0 Å². The summed E-state index contributed by atoms with van der Waals surface area (Å²) in [4.78, 5) is 0. The lowest BCUT2D eigenvalue weighted by Gasteiger charge is -2.24. The summed E-state index contributed by atoms with van der Waals surface area (Å²) in [6, 6.07) is 0.630. The molecule has 3 unspecified atom stereocenters. The molecule has 0 spiro atoms. The molecular formula is C11H23NOS. The van der Waals surface area contributed by atoms with E-state index in [2.05, 4.69) is 11.6 Å². The van der Waals surface area contributed by atoms with Crippen LogP contribution in [-0.2, 0) is 0 Å². The van der Waals surface area contributed by atoms with Crippen LogP contribution in [0.1, 0.15) is 39.5 Å². The third kappa shape index (κ3) is 3.79. The fraction of sp³-hybridized carbons (Fsp3) is 1.00. The fourth-order valence-corrected chi connectivity index (χ4v) is 2.63. The van der Waals surface area contributed by atoms with E-state index in [0.29, 0.717) is 6.04 Å². The Morgan fingerprint density at radius 3 is 2.71 bits per heavy atom. The second-order valence-corrected chi connectivity index (χ2v) is 5.74. The Bertz CT molecular complexity index is 173. The molecule has 3 heteroatoms. The second kappa shape index (κ2) is 5.38. The number of aliphatic hydroxyl groups is 1. The predicted molar refractivity (Wildman–Crippen MR) is 63.9 cm³/mol. The van der Waals surface area contributed by atoms with E-state index in [1.807, 2.05) is 25.6 Å². The molecule has 0 aromatic carbocycles. The zero-order valence-electron chi connectivity index (χ0n) is 9.55. The van der Waals surface area contributed by atoms with Crippen molar-refractivity contribution in [3.8, 4) is 0 Å². The van der Waals surface area contributed by atoms with Gasteiger partial charge in [-0.2, -0.15) is 11.8 Å². The van der Waals surface area contributed by atoms with Crippen LogP contribution in [0.5, 0.6) is 0 Å². The minimum Gasteiger partial charge on any atom is -0.389 e. The van der Waals surface area contributed by atoms with Crippen molar-refractivity contribution in [2.24, 2.45) is 0 Å². The molecule has 0 radical (unpaired) electrons. The Labute approximate surface area is 91.9 Å². The third-order valence-electron chi connectivity index (χ3n) is 3.25. The summed E-state index contributed by atoms with van der Waals surface area (Å²) in [6.45, 7) is 4.66. The molecule has 0 amide bonds. The second-order valence-electron chi connectivity index (χ2n) is 4.60. The third-order valence-corrected chi connectivity index (χ3v) is 4.35. The Morgan fingerprint density at radius 2 is 2.21 bits per heavy atom. The summed E-state index contributed by atoms with van der Waals surface area (Å²) < 4.78 is 0. The van der Waals surface area contributed by atoms with E-state index in [9.17, 15) is 5.11 Å². The van der Waals surface area contributed by atoms with E-state index in [1.165, 1.54) is 19.3 Å². The highest BCUT2D eigenvalue weighted by Gasteiger charge is 2.26. The highest BCUT2D eigenvalue weighted by Crippen LogP contribution is 2.28. The van der Waals surface area contributed by atoms with Crippen molar-refractivity contribution < 1.29 is 5.11 Å². The molecule has 1 aliphatic carbocycles. The normalized spacial score (nSPS) is 31.7. The molecule has 0 aliphatic heterocycles.